The lowest BCUT2D eigenvalue weighted by molar-refractivity contribution is 0.000539. The summed E-state index contributed by atoms with van der Waals surface area (Å²) in [5.74, 6) is 0.680. The van der Waals surface area contributed by atoms with Crippen LogP contribution in [0.2, 0.25) is 0 Å². The van der Waals surface area contributed by atoms with Gasteiger partial charge in [0.25, 0.3) is 5.91 Å². The third-order valence-electron chi connectivity index (χ3n) is 4.65. The molecule has 6 heteroatoms. The van der Waals surface area contributed by atoms with Crippen molar-refractivity contribution in [3.05, 3.63) is 35.5 Å². The zero-order chi connectivity index (χ0) is 17.8. The summed E-state index contributed by atoms with van der Waals surface area (Å²) in [5, 5.41) is 3.94. The smallest absolute Gasteiger partial charge is 0.253 e. The second kappa shape index (κ2) is 7.80. The van der Waals surface area contributed by atoms with Gasteiger partial charge in [0, 0.05) is 37.1 Å². The van der Waals surface area contributed by atoms with Crippen molar-refractivity contribution in [2.45, 2.75) is 19.9 Å². The Hall–Kier alpha value is -2.18. The highest BCUT2D eigenvalue weighted by atomic mass is 16.5. The molecule has 6 nitrogen and oxygen atoms in total. The fourth-order valence-corrected chi connectivity index (χ4v) is 3.10. The number of hydrogen-bond acceptors (Lipinski definition) is 5. The predicted molar refractivity (Wildman–Crippen MR) is 97.2 cm³/mol. The molecule has 1 saturated heterocycles. The minimum atomic E-state index is -0.0800. The third kappa shape index (κ3) is 4.08. The van der Waals surface area contributed by atoms with Crippen LogP contribution in [0, 0.1) is 6.92 Å². The first kappa shape index (κ1) is 17.6. The summed E-state index contributed by atoms with van der Waals surface area (Å²) in [6.07, 6.45) is 0. The van der Waals surface area contributed by atoms with Crippen molar-refractivity contribution >= 4 is 16.8 Å². The molecular formula is C19H25N3O3. The second-order valence-corrected chi connectivity index (χ2v) is 6.40. The number of methoxy groups -OCH3 is 1. The largest absolute Gasteiger partial charge is 0.497 e. The van der Waals surface area contributed by atoms with Gasteiger partial charge in [-0.2, -0.15) is 0 Å². The molecule has 1 aliphatic rings. The van der Waals surface area contributed by atoms with E-state index in [2.05, 4.69) is 22.1 Å². The number of pyridine rings is 1. The van der Waals surface area contributed by atoms with Gasteiger partial charge in [-0.25, -0.2) is 0 Å². The number of nitrogens with zero attached hydrogens (tertiary/aromatic N) is 2. The molecule has 1 N–H and O–H groups in total. The molecule has 1 unspecified atom stereocenters. The van der Waals surface area contributed by atoms with Crippen LogP contribution < -0.4 is 10.1 Å². The lowest BCUT2D eigenvalue weighted by atomic mass is 10.1. The van der Waals surface area contributed by atoms with Gasteiger partial charge in [-0.05, 0) is 32.0 Å². The fourth-order valence-electron chi connectivity index (χ4n) is 3.10. The highest BCUT2D eigenvalue weighted by molar-refractivity contribution is 5.98. The number of hydrogen-bond donors (Lipinski definition) is 1. The first-order valence-corrected chi connectivity index (χ1v) is 8.64. The Bertz CT molecular complexity index is 763. The molecule has 1 atom stereocenters. The summed E-state index contributed by atoms with van der Waals surface area (Å²) >= 11 is 0. The Morgan fingerprint density at radius 1 is 1.44 bits per heavy atom. The first-order valence-electron chi connectivity index (χ1n) is 8.64. The predicted octanol–water partition coefficient (Wildman–Crippen LogP) is 2.00. The number of rotatable bonds is 5. The number of morpholine rings is 1. The third-order valence-corrected chi connectivity index (χ3v) is 4.65. The van der Waals surface area contributed by atoms with Crippen molar-refractivity contribution in [3.63, 3.8) is 0 Å². The van der Waals surface area contributed by atoms with Crippen molar-refractivity contribution in [2.75, 3.05) is 40.0 Å². The monoisotopic (exact) mass is 343 g/mol. The average Bonchev–Trinajstić information content (AvgIpc) is 2.62. The number of amides is 1. The van der Waals surface area contributed by atoms with Gasteiger partial charge in [0.15, 0.2) is 0 Å². The molecule has 0 saturated carbocycles. The van der Waals surface area contributed by atoms with Crippen LogP contribution in [-0.2, 0) is 4.74 Å². The number of aryl methyl sites for hydroxylation is 1. The summed E-state index contributed by atoms with van der Waals surface area (Å²) in [7, 11) is 1.63. The van der Waals surface area contributed by atoms with E-state index in [4.69, 9.17) is 9.47 Å². The van der Waals surface area contributed by atoms with Crippen molar-refractivity contribution < 1.29 is 14.3 Å². The van der Waals surface area contributed by atoms with Crippen LogP contribution >= 0.6 is 0 Å². The standard InChI is InChI=1S/C19H25N3O3/c1-13-12-25-9-8-22(13)7-6-20-19(23)17-10-15-4-5-16(24-3)11-18(15)21-14(17)2/h4-5,10-11,13H,6-9,12H2,1-3H3,(H,20,23). The Kier molecular flexibility index (Phi) is 5.50. The molecule has 1 aromatic heterocycles. The van der Waals surface area contributed by atoms with Crippen molar-refractivity contribution in [3.8, 4) is 5.75 Å². The van der Waals surface area contributed by atoms with Crippen LogP contribution in [-0.4, -0.2) is 61.8 Å². The molecule has 134 valence electrons. The number of ether oxygens (including phenoxy) is 2. The molecule has 0 bridgehead atoms. The van der Waals surface area contributed by atoms with Gasteiger partial charge in [0.1, 0.15) is 5.75 Å². The zero-order valence-corrected chi connectivity index (χ0v) is 15.0. The van der Waals surface area contributed by atoms with Gasteiger partial charge in [0.2, 0.25) is 0 Å². The van der Waals surface area contributed by atoms with Crippen molar-refractivity contribution in [1.82, 2.24) is 15.2 Å². The number of fused-ring (bicyclic) bond motifs is 1. The number of nitrogens with one attached hydrogen (secondary N) is 1. The zero-order valence-electron chi connectivity index (χ0n) is 15.0. The average molecular weight is 343 g/mol. The normalized spacial score (nSPS) is 18.3. The topological polar surface area (TPSA) is 63.7 Å². The maximum absolute atomic E-state index is 12.5. The molecule has 25 heavy (non-hydrogen) atoms. The first-order chi connectivity index (χ1) is 12.1. The highest BCUT2D eigenvalue weighted by Gasteiger charge is 2.18. The second-order valence-electron chi connectivity index (χ2n) is 6.40. The molecular weight excluding hydrogens is 318 g/mol. The van der Waals surface area contributed by atoms with E-state index in [1.54, 1.807) is 7.11 Å². The SMILES string of the molecule is COc1ccc2cc(C(=O)NCCN3CCOCC3C)c(C)nc2c1. The lowest BCUT2D eigenvalue weighted by Crippen LogP contribution is -2.46. The van der Waals surface area contributed by atoms with Gasteiger partial charge in [0.05, 0.1) is 37.1 Å². The van der Waals surface area contributed by atoms with Gasteiger partial charge in [-0.15, -0.1) is 0 Å². The van der Waals surface area contributed by atoms with E-state index in [9.17, 15) is 4.79 Å². The molecule has 0 spiro atoms. The van der Waals surface area contributed by atoms with Crippen LogP contribution in [0.3, 0.4) is 0 Å². The molecule has 1 fully saturated rings. The van der Waals surface area contributed by atoms with E-state index in [-0.39, 0.29) is 5.91 Å². The van der Waals surface area contributed by atoms with Crippen LogP contribution in [0.1, 0.15) is 23.0 Å². The van der Waals surface area contributed by atoms with E-state index in [0.717, 1.165) is 48.6 Å². The molecule has 3 rings (SSSR count). The van der Waals surface area contributed by atoms with E-state index >= 15 is 0 Å². The maximum Gasteiger partial charge on any atom is 0.253 e. The molecule has 0 aliphatic carbocycles. The Morgan fingerprint density at radius 3 is 3.04 bits per heavy atom. The summed E-state index contributed by atoms with van der Waals surface area (Å²) in [6.45, 7) is 7.87. The summed E-state index contributed by atoms with van der Waals surface area (Å²) in [5.41, 5.74) is 2.17. The van der Waals surface area contributed by atoms with Crippen LogP contribution in [0.25, 0.3) is 10.9 Å². The molecule has 0 radical (unpaired) electrons. The van der Waals surface area contributed by atoms with E-state index < -0.39 is 0 Å². The minimum absolute atomic E-state index is 0.0800. The number of aromatic nitrogens is 1. The highest BCUT2D eigenvalue weighted by Crippen LogP contribution is 2.21. The van der Waals surface area contributed by atoms with Crippen LogP contribution in [0.15, 0.2) is 24.3 Å². The summed E-state index contributed by atoms with van der Waals surface area (Å²) < 4.78 is 10.7. The van der Waals surface area contributed by atoms with Crippen LogP contribution in [0.5, 0.6) is 5.75 Å². The van der Waals surface area contributed by atoms with Crippen LogP contribution in [0.4, 0.5) is 0 Å². The lowest BCUT2D eigenvalue weighted by Gasteiger charge is -2.33. The van der Waals surface area contributed by atoms with E-state index in [0.29, 0.717) is 18.2 Å². The summed E-state index contributed by atoms with van der Waals surface area (Å²) in [6, 6.07) is 7.96. The van der Waals surface area contributed by atoms with E-state index in [1.165, 1.54) is 0 Å². The quantitative estimate of drug-likeness (QED) is 0.900. The Morgan fingerprint density at radius 2 is 2.28 bits per heavy atom. The Balaban J connectivity index is 1.66. The molecule has 2 heterocycles. The minimum Gasteiger partial charge on any atom is -0.497 e. The van der Waals surface area contributed by atoms with Gasteiger partial charge >= 0.3 is 0 Å². The maximum atomic E-state index is 12.5. The number of benzene rings is 1. The molecule has 1 aliphatic heterocycles. The van der Waals surface area contributed by atoms with E-state index in [1.807, 2.05) is 31.2 Å². The molecule has 1 aromatic carbocycles. The van der Waals surface area contributed by atoms with Crippen molar-refractivity contribution in [1.29, 1.82) is 0 Å². The van der Waals surface area contributed by atoms with Crippen molar-refractivity contribution in [2.24, 2.45) is 0 Å². The van der Waals surface area contributed by atoms with Gasteiger partial charge in [-0.1, -0.05) is 0 Å². The fraction of sp³-hybridized carbons (Fsp3) is 0.474. The summed E-state index contributed by atoms with van der Waals surface area (Å²) in [4.78, 5) is 19.4. The molecule has 2 aromatic rings. The van der Waals surface area contributed by atoms with Gasteiger partial charge < -0.3 is 14.8 Å². The number of carbonyl (C=O) groups excluding carboxylic acids is 1. The van der Waals surface area contributed by atoms with Gasteiger partial charge in [-0.3, -0.25) is 14.7 Å². The molecule has 1 amide bonds. The Labute approximate surface area is 148 Å². The number of carbonyl (C=O) groups is 1.